The van der Waals surface area contributed by atoms with Gasteiger partial charge in [-0.15, -0.1) is 12.4 Å². The third-order valence-electron chi connectivity index (χ3n) is 5.44. The molecule has 0 radical (unpaired) electrons. The van der Waals surface area contributed by atoms with Crippen LogP contribution in [0.4, 0.5) is 5.69 Å². The van der Waals surface area contributed by atoms with E-state index >= 15 is 0 Å². The Morgan fingerprint density at radius 1 is 1.19 bits per heavy atom. The zero-order chi connectivity index (χ0) is 17.5. The molecule has 146 valence electrons. The normalized spacial score (nSPS) is 24.0. The molecule has 1 amide bonds. The maximum Gasteiger partial charge on any atom is 0.223 e. The number of nitrogens with one attached hydrogen (secondary N) is 2. The van der Waals surface area contributed by atoms with Crippen LogP contribution in [0.3, 0.4) is 0 Å². The predicted molar refractivity (Wildman–Crippen MR) is 110 cm³/mol. The van der Waals surface area contributed by atoms with Gasteiger partial charge in [-0.25, -0.2) is 0 Å². The first kappa shape index (κ1) is 21.0. The molecule has 2 atom stereocenters. The first-order valence-corrected chi connectivity index (χ1v) is 9.76. The first-order chi connectivity index (χ1) is 12.2. The molecule has 2 N–H and O–H groups in total. The van der Waals surface area contributed by atoms with Crippen molar-refractivity contribution >= 4 is 24.0 Å². The minimum absolute atomic E-state index is 0. The summed E-state index contributed by atoms with van der Waals surface area (Å²) in [6.45, 7) is 9.39. The van der Waals surface area contributed by atoms with E-state index in [0.29, 0.717) is 6.04 Å². The van der Waals surface area contributed by atoms with E-state index < -0.39 is 0 Å². The van der Waals surface area contributed by atoms with Crippen molar-refractivity contribution in [1.82, 2.24) is 15.5 Å². The Hall–Kier alpha value is -1.30. The van der Waals surface area contributed by atoms with Gasteiger partial charge in [-0.05, 0) is 51.4 Å². The summed E-state index contributed by atoms with van der Waals surface area (Å²) in [5.74, 6) is 0.452. The zero-order valence-electron chi connectivity index (χ0n) is 15.8. The molecule has 0 bridgehead atoms. The van der Waals surface area contributed by atoms with Gasteiger partial charge < -0.3 is 15.5 Å². The van der Waals surface area contributed by atoms with Crippen molar-refractivity contribution < 1.29 is 4.79 Å². The molecule has 1 aromatic rings. The van der Waals surface area contributed by atoms with Crippen LogP contribution in [-0.2, 0) is 4.79 Å². The topological polar surface area (TPSA) is 47.6 Å². The van der Waals surface area contributed by atoms with Crippen molar-refractivity contribution in [3.63, 3.8) is 0 Å². The van der Waals surface area contributed by atoms with Gasteiger partial charge in [-0.1, -0.05) is 18.2 Å². The van der Waals surface area contributed by atoms with Gasteiger partial charge in [-0.2, -0.15) is 0 Å². The molecule has 0 spiro atoms. The van der Waals surface area contributed by atoms with Crippen LogP contribution in [0.15, 0.2) is 30.3 Å². The van der Waals surface area contributed by atoms with Gasteiger partial charge in [0.2, 0.25) is 5.91 Å². The Kier molecular flexibility index (Phi) is 8.69. The lowest BCUT2D eigenvalue weighted by molar-refractivity contribution is -0.126. The number of halogens is 1. The molecule has 1 aromatic carbocycles. The lowest BCUT2D eigenvalue weighted by Crippen LogP contribution is -2.47. The molecule has 2 aliphatic heterocycles. The van der Waals surface area contributed by atoms with Crippen LogP contribution in [0.2, 0.25) is 0 Å². The number of hydrogen-bond donors (Lipinski definition) is 2. The van der Waals surface area contributed by atoms with E-state index in [2.05, 4.69) is 57.7 Å². The second kappa shape index (κ2) is 10.8. The van der Waals surface area contributed by atoms with E-state index in [0.717, 1.165) is 65.1 Å². The smallest absolute Gasteiger partial charge is 0.223 e. The average molecular weight is 381 g/mol. The van der Waals surface area contributed by atoms with Crippen molar-refractivity contribution in [2.45, 2.75) is 32.2 Å². The largest absolute Gasteiger partial charge is 0.369 e. The molecule has 0 aromatic heterocycles. The van der Waals surface area contributed by atoms with E-state index in [4.69, 9.17) is 0 Å². The molecule has 3 rings (SSSR count). The summed E-state index contributed by atoms with van der Waals surface area (Å²) in [6, 6.07) is 11.1. The van der Waals surface area contributed by atoms with Gasteiger partial charge in [-0.3, -0.25) is 9.69 Å². The monoisotopic (exact) mass is 380 g/mol. The summed E-state index contributed by atoms with van der Waals surface area (Å²) in [5.41, 5.74) is 1.32. The molecule has 2 heterocycles. The highest BCUT2D eigenvalue weighted by molar-refractivity contribution is 5.85. The Balaban J connectivity index is 0.00000243. The molecular formula is C20H33ClN4O. The number of hydrogen-bond acceptors (Lipinski definition) is 4. The van der Waals surface area contributed by atoms with E-state index in [-0.39, 0.29) is 24.2 Å². The molecular weight excluding hydrogens is 348 g/mol. The Morgan fingerprint density at radius 3 is 2.62 bits per heavy atom. The van der Waals surface area contributed by atoms with Crippen LogP contribution in [0.1, 0.15) is 26.2 Å². The summed E-state index contributed by atoms with van der Waals surface area (Å²) in [7, 11) is 0. The molecule has 0 saturated carbocycles. The fraction of sp³-hybridized carbons (Fsp3) is 0.650. The summed E-state index contributed by atoms with van der Waals surface area (Å²) < 4.78 is 0. The number of carbonyl (C=O) groups excluding carboxylic acids is 1. The molecule has 26 heavy (non-hydrogen) atoms. The number of amides is 1. The summed E-state index contributed by atoms with van der Waals surface area (Å²) in [5, 5.41) is 6.55. The molecule has 6 heteroatoms. The lowest BCUT2D eigenvalue weighted by Gasteiger charge is -2.36. The van der Waals surface area contributed by atoms with Crippen molar-refractivity contribution in [2.75, 3.05) is 50.7 Å². The van der Waals surface area contributed by atoms with Crippen molar-refractivity contribution in [3.05, 3.63) is 30.3 Å². The molecule has 2 aliphatic rings. The molecule has 5 nitrogen and oxygen atoms in total. The fourth-order valence-electron chi connectivity index (χ4n) is 3.90. The maximum atomic E-state index is 12.2. The van der Waals surface area contributed by atoms with E-state index in [1.165, 1.54) is 5.69 Å². The van der Waals surface area contributed by atoms with Gasteiger partial charge in [0.1, 0.15) is 0 Å². The van der Waals surface area contributed by atoms with Crippen LogP contribution in [0.25, 0.3) is 0 Å². The number of carbonyl (C=O) groups is 1. The third-order valence-corrected chi connectivity index (χ3v) is 5.44. The molecule has 0 unspecified atom stereocenters. The van der Waals surface area contributed by atoms with Gasteiger partial charge in [0.05, 0.1) is 0 Å². The standard InChI is InChI=1S/C20H32N4O.ClH/c1-17-16-18(8-10-21-17)20(25)22-9-5-11-23-12-14-24(15-13-23)19-6-3-2-4-7-19;/h2-4,6-7,17-18,21H,5,8-16H2,1H3,(H,22,25);1H/t17-,18-;/m0./s1. The van der Waals surface area contributed by atoms with Crippen LogP contribution in [-0.4, -0.2) is 62.7 Å². The fourth-order valence-corrected chi connectivity index (χ4v) is 3.90. The second-order valence-electron chi connectivity index (χ2n) is 7.39. The van der Waals surface area contributed by atoms with Gasteiger partial charge in [0.15, 0.2) is 0 Å². The Morgan fingerprint density at radius 2 is 1.92 bits per heavy atom. The highest BCUT2D eigenvalue weighted by atomic mass is 35.5. The highest BCUT2D eigenvalue weighted by Gasteiger charge is 2.24. The van der Waals surface area contributed by atoms with Gasteiger partial charge in [0, 0.05) is 50.4 Å². The van der Waals surface area contributed by atoms with Crippen molar-refractivity contribution in [2.24, 2.45) is 5.92 Å². The number of piperidine rings is 1. The quantitative estimate of drug-likeness (QED) is 0.742. The van der Waals surface area contributed by atoms with Crippen LogP contribution >= 0.6 is 12.4 Å². The van der Waals surface area contributed by atoms with E-state index in [1.807, 2.05) is 0 Å². The molecule has 0 aliphatic carbocycles. The highest BCUT2D eigenvalue weighted by Crippen LogP contribution is 2.16. The number of nitrogens with zero attached hydrogens (tertiary/aromatic N) is 2. The maximum absolute atomic E-state index is 12.2. The summed E-state index contributed by atoms with van der Waals surface area (Å²) in [4.78, 5) is 17.2. The number of anilines is 1. The summed E-state index contributed by atoms with van der Waals surface area (Å²) >= 11 is 0. The van der Waals surface area contributed by atoms with Gasteiger partial charge in [0.25, 0.3) is 0 Å². The van der Waals surface area contributed by atoms with Crippen molar-refractivity contribution in [3.8, 4) is 0 Å². The number of benzene rings is 1. The minimum Gasteiger partial charge on any atom is -0.369 e. The number of rotatable bonds is 6. The second-order valence-corrected chi connectivity index (χ2v) is 7.39. The Labute approximate surface area is 163 Å². The van der Waals surface area contributed by atoms with E-state index in [1.54, 1.807) is 0 Å². The van der Waals surface area contributed by atoms with Gasteiger partial charge >= 0.3 is 0 Å². The lowest BCUT2D eigenvalue weighted by atomic mass is 9.92. The van der Waals surface area contributed by atoms with Crippen LogP contribution < -0.4 is 15.5 Å². The Bertz CT molecular complexity index is 534. The third kappa shape index (κ3) is 6.15. The number of piperazine rings is 1. The number of para-hydroxylation sites is 1. The molecule has 2 fully saturated rings. The average Bonchev–Trinajstić information content (AvgIpc) is 2.66. The van der Waals surface area contributed by atoms with Crippen molar-refractivity contribution in [1.29, 1.82) is 0 Å². The SMILES string of the molecule is C[C@H]1C[C@@H](C(=O)NCCCN2CCN(c3ccccc3)CC2)CCN1.Cl. The minimum atomic E-state index is 0. The van der Waals surface area contributed by atoms with Crippen LogP contribution in [0.5, 0.6) is 0 Å². The first-order valence-electron chi connectivity index (χ1n) is 9.76. The molecule has 2 saturated heterocycles. The van der Waals surface area contributed by atoms with Crippen LogP contribution in [0, 0.1) is 5.92 Å². The zero-order valence-corrected chi connectivity index (χ0v) is 16.6. The summed E-state index contributed by atoms with van der Waals surface area (Å²) in [6.07, 6.45) is 2.97. The predicted octanol–water partition coefficient (Wildman–Crippen LogP) is 2.12. The van der Waals surface area contributed by atoms with E-state index in [9.17, 15) is 4.79 Å².